The van der Waals surface area contributed by atoms with Crippen LogP contribution in [0.3, 0.4) is 0 Å². The first-order chi connectivity index (χ1) is 10.3. The fourth-order valence-electron chi connectivity index (χ4n) is 1.94. The first kappa shape index (κ1) is 17.7. The highest BCUT2D eigenvalue weighted by molar-refractivity contribution is 5.84. The Kier molecular flexibility index (Phi) is 6.55. The fraction of sp³-hybridized carbons (Fsp3) is 0.571. The molecule has 1 amide bonds. The Morgan fingerprint density at radius 2 is 2.05 bits per heavy atom. The number of aromatic amines is 1. The lowest BCUT2D eigenvalue weighted by molar-refractivity contribution is -0.145. The molecule has 122 valence electrons. The molecule has 0 aliphatic carbocycles. The molecular weight excluding hydrogens is 290 g/mol. The number of aryl methyl sites for hydroxylation is 1. The van der Waals surface area contributed by atoms with Crippen molar-refractivity contribution in [3.63, 3.8) is 0 Å². The summed E-state index contributed by atoms with van der Waals surface area (Å²) in [6.45, 7) is 3.97. The van der Waals surface area contributed by atoms with Crippen LogP contribution in [0.4, 0.5) is 0 Å². The van der Waals surface area contributed by atoms with E-state index in [1.54, 1.807) is 0 Å². The molecule has 1 aromatic heterocycles. The fourth-order valence-corrected chi connectivity index (χ4v) is 1.94. The predicted molar refractivity (Wildman–Crippen MR) is 79.3 cm³/mol. The normalized spacial score (nSPS) is 12.0. The highest BCUT2D eigenvalue weighted by atomic mass is 16.5. The van der Waals surface area contributed by atoms with E-state index in [2.05, 4.69) is 15.0 Å². The Labute approximate surface area is 127 Å². The minimum Gasteiger partial charge on any atom is -0.467 e. The highest BCUT2D eigenvalue weighted by Gasteiger charge is 2.22. The van der Waals surface area contributed by atoms with Crippen LogP contribution in [0.25, 0.3) is 0 Å². The number of H-pyrrole nitrogens is 1. The Hall–Kier alpha value is -2.38. The number of amides is 1. The number of ether oxygens (including phenoxy) is 1. The van der Waals surface area contributed by atoms with E-state index in [9.17, 15) is 19.2 Å². The van der Waals surface area contributed by atoms with Crippen LogP contribution < -0.4 is 16.6 Å². The number of hydrogen-bond donors (Lipinski definition) is 2. The molecule has 2 N–H and O–H groups in total. The maximum absolute atomic E-state index is 11.9. The van der Waals surface area contributed by atoms with Gasteiger partial charge in [-0.15, -0.1) is 0 Å². The lowest BCUT2D eigenvalue weighted by Crippen LogP contribution is -2.43. The van der Waals surface area contributed by atoms with Crippen LogP contribution in [0.1, 0.15) is 26.7 Å². The average molecular weight is 311 g/mol. The van der Waals surface area contributed by atoms with Gasteiger partial charge in [-0.1, -0.05) is 13.8 Å². The lowest BCUT2D eigenvalue weighted by atomic mass is 10.0. The van der Waals surface area contributed by atoms with E-state index in [0.717, 1.165) is 0 Å². The third-order valence-corrected chi connectivity index (χ3v) is 3.00. The third-order valence-electron chi connectivity index (χ3n) is 3.00. The number of esters is 1. The summed E-state index contributed by atoms with van der Waals surface area (Å²) < 4.78 is 5.88. The van der Waals surface area contributed by atoms with Crippen molar-refractivity contribution in [1.29, 1.82) is 0 Å². The Balaban J connectivity index is 2.61. The number of nitrogens with zero attached hydrogens (tertiary/aromatic N) is 1. The van der Waals surface area contributed by atoms with Crippen molar-refractivity contribution in [2.45, 2.75) is 39.3 Å². The van der Waals surface area contributed by atoms with Crippen molar-refractivity contribution in [2.24, 2.45) is 5.92 Å². The van der Waals surface area contributed by atoms with Gasteiger partial charge in [-0.25, -0.2) is 9.59 Å². The molecule has 1 unspecified atom stereocenters. The van der Waals surface area contributed by atoms with E-state index < -0.39 is 23.3 Å². The summed E-state index contributed by atoms with van der Waals surface area (Å²) in [5.41, 5.74) is -1.07. The van der Waals surface area contributed by atoms with Gasteiger partial charge in [0.05, 0.1) is 7.11 Å². The van der Waals surface area contributed by atoms with Gasteiger partial charge in [0.2, 0.25) is 5.91 Å². The summed E-state index contributed by atoms with van der Waals surface area (Å²) in [7, 11) is 1.27. The molecule has 0 bridgehead atoms. The van der Waals surface area contributed by atoms with Gasteiger partial charge in [0.25, 0.3) is 5.56 Å². The van der Waals surface area contributed by atoms with Crippen LogP contribution in [0.5, 0.6) is 0 Å². The third kappa shape index (κ3) is 5.55. The standard InChI is InChI=1S/C14H21N3O5/c1-9(2)8-10(13(20)22-3)15-11(18)4-6-17-7-5-12(19)16-14(17)21/h5,7,9-10H,4,6,8H2,1-3H3,(H,15,18)(H,16,19,21). The number of aromatic nitrogens is 2. The zero-order chi connectivity index (χ0) is 16.7. The van der Waals surface area contributed by atoms with E-state index in [-0.39, 0.29) is 24.8 Å². The molecule has 0 fully saturated rings. The van der Waals surface area contributed by atoms with Crippen LogP contribution in [0.2, 0.25) is 0 Å². The van der Waals surface area contributed by atoms with Gasteiger partial charge in [-0.3, -0.25) is 14.6 Å². The summed E-state index contributed by atoms with van der Waals surface area (Å²) in [6.07, 6.45) is 1.80. The molecule has 0 saturated carbocycles. The summed E-state index contributed by atoms with van der Waals surface area (Å²) in [5.74, 6) is -0.649. The van der Waals surface area contributed by atoms with Crippen LogP contribution in [0, 0.1) is 5.92 Å². The number of carbonyl (C=O) groups is 2. The van der Waals surface area contributed by atoms with Gasteiger partial charge in [-0.2, -0.15) is 0 Å². The maximum Gasteiger partial charge on any atom is 0.328 e. The van der Waals surface area contributed by atoms with Crippen LogP contribution >= 0.6 is 0 Å². The van der Waals surface area contributed by atoms with Crippen molar-refractivity contribution in [1.82, 2.24) is 14.9 Å². The molecule has 8 nitrogen and oxygen atoms in total. The molecule has 0 aliphatic rings. The number of carbonyl (C=O) groups excluding carboxylic acids is 2. The van der Waals surface area contributed by atoms with Crippen LogP contribution in [-0.2, 0) is 20.9 Å². The van der Waals surface area contributed by atoms with Crippen LogP contribution in [-0.4, -0.2) is 34.6 Å². The first-order valence-electron chi connectivity index (χ1n) is 7.00. The SMILES string of the molecule is COC(=O)C(CC(C)C)NC(=O)CCn1ccc(=O)[nH]c1=O. The summed E-state index contributed by atoms with van der Waals surface area (Å²) in [6, 6.07) is 0.500. The van der Waals surface area contributed by atoms with Gasteiger partial charge in [0.1, 0.15) is 6.04 Å². The maximum atomic E-state index is 11.9. The summed E-state index contributed by atoms with van der Waals surface area (Å²) >= 11 is 0. The average Bonchev–Trinajstić information content (AvgIpc) is 2.44. The molecular formula is C14H21N3O5. The molecule has 22 heavy (non-hydrogen) atoms. The van der Waals surface area contributed by atoms with Gasteiger partial charge < -0.3 is 14.6 Å². The molecule has 1 aromatic rings. The Morgan fingerprint density at radius 1 is 1.36 bits per heavy atom. The molecule has 1 heterocycles. The van der Waals surface area contributed by atoms with Crippen molar-refractivity contribution < 1.29 is 14.3 Å². The summed E-state index contributed by atoms with van der Waals surface area (Å²) in [4.78, 5) is 48.0. The second-order valence-electron chi connectivity index (χ2n) is 5.33. The Morgan fingerprint density at radius 3 is 2.59 bits per heavy atom. The molecule has 1 atom stereocenters. The number of hydrogen-bond acceptors (Lipinski definition) is 5. The van der Waals surface area contributed by atoms with E-state index in [4.69, 9.17) is 0 Å². The first-order valence-corrected chi connectivity index (χ1v) is 7.00. The minimum absolute atomic E-state index is 0.0114. The topological polar surface area (TPSA) is 110 Å². The molecule has 0 aromatic carbocycles. The van der Waals surface area contributed by atoms with E-state index in [1.807, 2.05) is 13.8 Å². The molecule has 0 spiro atoms. The molecule has 0 aliphatic heterocycles. The van der Waals surface area contributed by atoms with Crippen molar-refractivity contribution >= 4 is 11.9 Å². The predicted octanol–water partition coefficient (Wildman–Crippen LogP) is -0.369. The number of rotatable bonds is 7. The lowest BCUT2D eigenvalue weighted by Gasteiger charge is -2.18. The van der Waals surface area contributed by atoms with Crippen molar-refractivity contribution in [3.8, 4) is 0 Å². The van der Waals surface area contributed by atoms with Crippen LogP contribution in [0.15, 0.2) is 21.9 Å². The monoisotopic (exact) mass is 311 g/mol. The molecule has 0 radical (unpaired) electrons. The van der Waals surface area contributed by atoms with Crippen molar-refractivity contribution in [2.75, 3.05) is 7.11 Å². The zero-order valence-electron chi connectivity index (χ0n) is 12.9. The Bertz CT molecular complexity index is 632. The van der Waals surface area contributed by atoms with Gasteiger partial charge >= 0.3 is 11.7 Å². The smallest absolute Gasteiger partial charge is 0.328 e. The largest absolute Gasteiger partial charge is 0.467 e. The van der Waals surface area contributed by atoms with Gasteiger partial charge in [-0.05, 0) is 12.3 Å². The molecule has 1 rings (SSSR count). The van der Waals surface area contributed by atoms with Gasteiger partial charge in [0.15, 0.2) is 0 Å². The van der Waals surface area contributed by atoms with Gasteiger partial charge in [0, 0.05) is 25.2 Å². The quantitative estimate of drug-likeness (QED) is 0.668. The second-order valence-corrected chi connectivity index (χ2v) is 5.33. The van der Waals surface area contributed by atoms with E-state index in [1.165, 1.54) is 23.9 Å². The van der Waals surface area contributed by atoms with E-state index >= 15 is 0 Å². The summed E-state index contributed by atoms with van der Waals surface area (Å²) in [5, 5.41) is 2.60. The minimum atomic E-state index is -0.704. The molecule has 8 heteroatoms. The number of nitrogens with one attached hydrogen (secondary N) is 2. The molecule has 0 saturated heterocycles. The highest BCUT2D eigenvalue weighted by Crippen LogP contribution is 2.06. The zero-order valence-corrected chi connectivity index (χ0v) is 12.9. The van der Waals surface area contributed by atoms with E-state index in [0.29, 0.717) is 6.42 Å². The van der Waals surface area contributed by atoms with Crippen molar-refractivity contribution in [3.05, 3.63) is 33.1 Å². The second kappa shape index (κ2) is 8.16. The number of methoxy groups -OCH3 is 1.